The van der Waals surface area contributed by atoms with E-state index in [2.05, 4.69) is 33.6 Å². The Hall–Kier alpha value is -4.30. The van der Waals surface area contributed by atoms with Crippen LogP contribution in [0.2, 0.25) is 0 Å². The third-order valence-corrected chi connectivity index (χ3v) is 7.83. The molecule has 0 spiro atoms. The summed E-state index contributed by atoms with van der Waals surface area (Å²) in [6, 6.07) is 19.6. The zero-order valence-corrected chi connectivity index (χ0v) is 20.8. The highest BCUT2D eigenvalue weighted by atomic mass is 16.5. The molecule has 0 radical (unpaired) electrons. The van der Waals surface area contributed by atoms with Crippen molar-refractivity contribution < 1.29 is 14.6 Å². The number of carboxylic acids is 1. The predicted molar refractivity (Wildman–Crippen MR) is 145 cm³/mol. The first-order valence-corrected chi connectivity index (χ1v) is 13.0. The number of fused-ring (bicyclic) bond motifs is 2. The Labute approximate surface area is 219 Å². The molecule has 1 aliphatic heterocycles. The van der Waals surface area contributed by atoms with Gasteiger partial charge in [0.25, 0.3) is 0 Å². The second-order valence-electron chi connectivity index (χ2n) is 10.1. The maximum absolute atomic E-state index is 11.5. The lowest BCUT2D eigenvalue weighted by molar-refractivity contribution is 0.0697. The molecule has 0 unspecified atom stereocenters. The van der Waals surface area contributed by atoms with Gasteiger partial charge in [0.05, 0.1) is 35.7 Å². The van der Waals surface area contributed by atoms with Crippen molar-refractivity contribution in [3.8, 4) is 11.3 Å². The van der Waals surface area contributed by atoms with Crippen molar-refractivity contribution in [2.24, 2.45) is 0 Å². The second-order valence-corrected chi connectivity index (χ2v) is 10.1. The van der Waals surface area contributed by atoms with Crippen LogP contribution in [0.3, 0.4) is 0 Å². The van der Waals surface area contributed by atoms with Crippen molar-refractivity contribution in [2.75, 3.05) is 31.2 Å². The summed E-state index contributed by atoms with van der Waals surface area (Å²) in [4.78, 5) is 28.6. The average molecular weight is 506 g/mol. The minimum absolute atomic E-state index is 0.269. The molecule has 1 saturated carbocycles. The van der Waals surface area contributed by atoms with E-state index >= 15 is 0 Å². The van der Waals surface area contributed by atoms with Crippen molar-refractivity contribution in [3.05, 3.63) is 90.0 Å². The van der Waals surface area contributed by atoms with Crippen LogP contribution >= 0.6 is 0 Å². The van der Waals surface area contributed by atoms with Crippen LogP contribution in [0.4, 0.5) is 5.82 Å². The molecule has 1 aliphatic carbocycles. The van der Waals surface area contributed by atoms with E-state index in [1.54, 1.807) is 12.1 Å². The lowest BCUT2D eigenvalue weighted by atomic mass is 9.71. The number of hydrogen-bond acceptors (Lipinski definition) is 6. The average Bonchev–Trinajstić information content (AvgIpc) is 3.32. The largest absolute Gasteiger partial charge is 0.478 e. The van der Waals surface area contributed by atoms with Crippen molar-refractivity contribution >= 4 is 28.3 Å². The summed E-state index contributed by atoms with van der Waals surface area (Å²) < 4.78 is 7.67. The SMILES string of the molecule is O=C(O)c1ccc(-c2c(C3CC(c4ccc5ccccc5n4)C3)nc3c(N4CCOCC4)nccn23)cc1. The summed E-state index contributed by atoms with van der Waals surface area (Å²) in [5.74, 6) is 0.587. The number of hydrogen-bond donors (Lipinski definition) is 1. The van der Waals surface area contributed by atoms with E-state index in [-0.39, 0.29) is 11.5 Å². The fourth-order valence-electron chi connectivity index (χ4n) is 5.71. The van der Waals surface area contributed by atoms with Gasteiger partial charge in [0.1, 0.15) is 0 Å². The van der Waals surface area contributed by atoms with Gasteiger partial charge in [-0.3, -0.25) is 9.38 Å². The van der Waals surface area contributed by atoms with Gasteiger partial charge in [0.2, 0.25) is 0 Å². The molecule has 0 bridgehead atoms. The number of anilines is 1. The molecule has 1 N–H and O–H groups in total. The molecule has 3 aromatic heterocycles. The third-order valence-electron chi connectivity index (χ3n) is 7.83. The lowest BCUT2D eigenvalue weighted by Crippen LogP contribution is -2.37. The molecule has 1 saturated heterocycles. The van der Waals surface area contributed by atoms with E-state index < -0.39 is 5.97 Å². The normalized spacial score (nSPS) is 19.5. The van der Waals surface area contributed by atoms with Gasteiger partial charge in [-0.25, -0.2) is 14.8 Å². The number of benzene rings is 2. The number of rotatable bonds is 5. The maximum Gasteiger partial charge on any atom is 0.335 e. The zero-order chi connectivity index (χ0) is 25.6. The van der Waals surface area contributed by atoms with E-state index in [4.69, 9.17) is 19.7 Å². The quantitative estimate of drug-likeness (QED) is 0.354. The smallest absolute Gasteiger partial charge is 0.335 e. The molecule has 190 valence electrons. The summed E-state index contributed by atoms with van der Waals surface area (Å²) in [6.45, 7) is 2.89. The van der Waals surface area contributed by atoms with Crippen LogP contribution in [-0.4, -0.2) is 56.7 Å². The molecular formula is C30H27N5O3. The molecular weight excluding hydrogens is 478 g/mol. The van der Waals surface area contributed by atoms with Gasteiger partial charge in [-0.05, 0) is 37.1 Å². The van der Waals surface area contributed by atoms with E-state index in [1.165, 1.54) is 0 Å². The van der Waals surface area contributed by atoms with E-state index in [0.29, 0.717) is 19.1 Å². The Balaban J connectivity index is 1.28. The van der Waals surface area contributed by atoms with Gasteiger partial charge < -0.3 is 14.7 Å². The number of nitrogens with zero attached hydrogens (tertiary/aromatic N) is 5. The number of aromatic nitrogens is 4. The summed E-state index contributed by atoms with van der Waals surface area (Å²) >= 11 is 0. The van der Waals surface area contributed by atoms with Gasteiger partial charge in [0.15, 0.2) is 11.5 Å². The number of morpholine rings is 1. The Morgan fingerprint density at radius 2 is 1.71 bits per heavy atom. The topological polar surface area (TPSA) is 92.8 Å². The van der Waals surface area contributed by atoms with Gasteiger partial charge in [-0.15, -0.1) is 0 Å². The minimum atomic E-state index is -0.932. The van der Waals surface area contributed by atoms with Crippen molar-refractivity contribution in [1.82, 2.24) is 19.4 Å². The Bertz CT molecular complexity index is 1650. The summed E-state index contributed by atoms with van der Waals surface area (Å²) in [7, 11) is 0. The van der Waals surface area contributed by atoms with E-state index in [0.717, 1.165) is 70.9 Å². The maximum atomic E-state index is 11.5. The molecule has 0 amide bonds. The third kappa shape index (κ3) is 3.88. The molecule has 4 heterocycles. The summed E-state index contributed by atoms with van der Waals surface area (Å²) in [6.07, 6.45) is 5.71. The van der Waals surface area contributed by atoms with Gasteiger partial charge in [-0.1, -0.05) is 36.4 Å². The Morgan fingerprint density at radius 3 is 2.50 bits per heavy atom. The number of carboxylic acid groups (broad SMARTS) is 1. The number of para-hydroxylation sites is 1. The zero-order valence-electron chi connectivity index (χ0n) is 20.8. The number of carbonyl (C=O) groups is 1. The van der Waals surface area contributed by atoms with E-state index in [1.807, 2.05) is 36.7 Å². The van der Waals surface area contributed by atoms with Gasteiger partial charge in [0, 0.05) is 54.0 Å². The van der Waals surface area contributed by atoms with Gasteiger partial charge in [-0.2, -0.15) is 0 Å². The molecule has 8 nitrogen and oxygen atoms in total. The Kier molecular flexibility index (Phi) is 5.55. The van der Waals surface area contributed by atoms with E-state index in [9.17, 15) is 9.90 Å². The Morgan fingerprint density at radius 1 is 0.921 bits per heavy atom. The summed E-state index contributed by atoms with van der Waals surface area (Å²) in [5, 5.41) is 10.6. The van der Waals surface area contributed by atoms with Crippen LogP contribution in [0.15, 0.2) is 73.1 Å². The first kappa shape index (κ1) is 22.9. The van der Waals surface area contributed by atoms with Gasteiger partial charge >= 0.3 is 5.97 Å². The molecule has 0 atom stereocenters. The number of imidazole rings is 1. The molecule has 2 aromatic carbocycles. The van der Waals surface area contributed by atoms with Crippen LogP contribution in [0.25, 0.3) is 27.8 Å². The highest BCUT2D eigenvalue weighted by Crippen LogP contribution is 2.49. The molecule has 2 fully saturated rings. The minimum Gasteiger partial charge on any atom is -0.478 e. The number of pyridine rings is 1. The molecule has 8 heteroatoms. The van der Waals surface area contributed by atoms with Crippen LogP contribution in [0.5, 0.6) is 0 Å². The molecule has 38 heavy (non-hydrogen) atoms. The lowest BCUT2D eigenvalue weighted by Gasteiger charge is -2.34. The van der Waals surface area contributed by atoms with Crippen LogP contribution < -0.4 is 4.90 Å². The highest BCUT2D eigenvalue weighted by Gasteiger charge is 2.37. The van der Waals surface area contributed by atoms with Crippen LogP contribution in [0, 0.1) is 0 Å². The predicted octanol–water partition coefficient (Wildman–Crippen LogP) is 5.14. The van der Waals surface area contributed by atoms with Crippen LogP contribution in [-0.2, 0) is 4.74 Å². The first-order chi connectivity index (χ1) is 18.7. The number of ether oxygens (including phenoxy) is 1. The fourth-order valence-corrected chi connectivity index (χ4v) is 5.71. The fraction of sp³-hybridized carbons (Fsp3) is 0.267. The first-order valence-electron chi connectivity index (χ1n) is 13.0. The standard InChI is InChI=1S/C30H27N5O3/c36-30(37)21-7-5-20(6-8-21)27-26(33-29-28(31-11-12-35(27)29)34-13-15-38-16-14-34)23-17-22(18-23)25-10-9-19-3-1-2-4-24(19)32-25/h1-12,22-23H,13-18H2,(H,36,37). The summed E-state index contributed by atoms with van der Waals surface area (Å²) in [5.41, 5.74) is 6.24. The van der Waals surface area contributed by atoms with Crippen molar-refractivity contribution in [1.29, 1.82) is 0 Å². The highest BCUT2D eigenvalue weighted by molar-refractivity contribution is 5.88. The van der Waals surface area contributed by atoms with Crippen molar-refractivity contribution in [3.63, 3.8) is 0 Å². The monoisotopic (exact) mass is 505 g/mol. The van der Waals surface area contributed by atoms with Crippen molar-refractivity contribution in [2.45, 2.75) is 24.7 Å². The number of aromatic carboxylic acids is 1. The molecule has 2 aliphatic rings. The molecule has 7 rings (SSSR count). The van der Waals surface area contributed by atoms with Crippen LogP contribution in [0.1, 0.15) is 46.4 Å². The second kappa shape index (κ2) is 9.22. The molecule has 5 aromatic rings.